The number of nitrogens with zero attached hydrogens (tertiary/aromatic N) is 2. The summed E-state index contributed by atoms with van der Waals surface area (Å²) in [5.74, 6) is 1.54. The zero-order chi connectivity index (χ0) is 17.8. The van der Waals surface area contributed by atoms with Crippen LogP contribution in [0.1, 0.15) is 11.3 Å². The molecule has 1 saturated heterocycles. The summed E-state index contributed by atoms with van der Waals surface area (Å²) < 4.78 is 16.2. The average Bonchev–Trinajstić information content (AvgIpc) is 3.13. The van der Waals surface area contributed by atoms with E-state index in [0.29, 0.717) is 19.0 Å². The number of ether oxygens (including phenoxy) is 2. The molecule has 6 nitrogen and oxygen atoms in total. The summed E-state index contributed by atoms with van der Waals surface area (Å²) in [6.45, 7) is 2.05. The molecule has 2 aromatic heterocycles. The molecule has 0 amide bonds. The first kappa shape index (κ1) is 16.8. The predicted octanol–water partition coefficient (Wildman–Crippen LogP) is 2.85. The Bertz CT molecular complexity index is 860. The summed E-state index contributed by atoms with van der Waals surface area (Å²) in [4.78, 5) is 4.30. The van der Waals surface area contributed by atoms with E-state index >= 15 is 0 Å². The smallest absolute Gasteiger partial charge is 0.185 e. The van der Waals surface area contributed by atoms with Gasteiger partial charge in [0.05, 0.1) is 31.6 Å². The quantitative estimate of drug-likeness (QED) is 0.706. The van der Waals surface area contributed by atoms with Crippen LogP contribution in [0.4, 0.5) is 0 Å². The minimum Gasteiger partial charge on any atom is -0.497 e. The molecule has 0 unspecified atom stereocenters. The maximum Gasteiger partial charge on any atom is 0.185 e. The second-order valence-corrected chi connectivity index (χ2v) is 6.55. The van der Waals surface area contributed by atoms with Crippen LogP contribution in [0.2, 0.25) is 0 Å². The zero-order valence-corrected chi connectivity index (χ0v) is 14.6. The lowest BCUT2D eigenvalue weighted by Gasteiger charge is -2.42. The molecule has 1 N–H and O–H groups in total. The van der Waals surface area contributed by atoms with Gasteiger partial charge in [0, 0.05) is 25.2 Å². The van der Waals surface area contributed by atoms with Gasteiger partial charge in [-0.2, -0.15) is 0 Å². The van der Waals surface area contributed by atoms with Gasteiger partial charge in [-0.25, -0.2) is 0 Å². The molecule has 0 aliphatic carbocycles. The first-order valence-corrected chi connectivity index (χ1v) is 8.59. The topological polar surface area (TPSA) is 69.4 Å². The summed E-state index contributed by atoms with van der Waals surface area (Å²) in [7, 11) is 1.68. The summed E-state index contributed by atoms with van der Waals surface area (Å²) >= 11 is 0. The average molecular weight is 351 g/mol. The third-order valence-corrected chi connectivity index (χ3v) is 4.55. The van der Waals surface area contributed by atoms with Crippen molar-refractivity contribution in [3.8, 4) is 17.2 Å². The van der Waals surface area contributed by atoms with Crippen molar-refractivity contribution in [2.75, 3.05) is 20.3 Å². The highest BCUT2D eigenvalue weighted by Crippen LogP contribution is 2.25. The third kappa shape index (κ3) is 3.61. The Morgan fingerprint density at radius 1 is 1.15 bits per heavy atom. The molecule has 3 aromatic rings. The Balaban J connectivity index is 1.43. The third-order valence-electron chi connectivity index (χ3n) is 4.55. The molecule has 0 bridgehead atoms. The molecular weight excluding hydrogens is 330 g/mol. The zero-order valence-electron chi connectivity index (χ0n) is 14.6. The first-order valence-electron chi connectivity index (χ1n) is 8.59. The van der Waals surface area contributed by atoms with Crippen LogP contribution in [-0.2, 0) is 17.7 Å². The van der Waals surface area contributed by atoms with Crippen LogP contribution in [0.3, 0.4) is 0 Å². The monoisotopic (exact) mass is 351 g/mol. The SMILES string of the molecule is COc1cccc(CNC2(Cc3cc(-c4ccccn4)on3)COC2)c1. The standard InChI is InChI=1S/C20H21N3O3/c1-24-17-6-4-5-15(9-17)12-22-20(13-25-14-20)11-16-10-19(26-23-16)18-7-2-3-8-21-18/h2-10,22H,11-14H2,1H3. The minimum absolute atomic E-state index is 0.124. The van der Waals surface area contributed by atoms with Crippen molar-refractivity contribution < 1.29 is 14.0 Å². The van der Waals surface area contributed by atoms with Crippen molar-refractivity contribution in [3.05, 3.63) is 66.0 Å². The van der Waals surface area contributed by atoms with Crippen molar-refractivity contribution in [1.82, 2.24) is 15.5 Å². The Hall–Kier alpha value is -2.70. The summed E-state index contributed by atoms with van der Waals surface area (Å²) in [5, 5.41) is 7.83. The number of methoxy groups -OCH3 is 1. The lowest BCUT2D eigenvalue weighted by Crippen LogP contribution is -2.61. The van der Waals surface area contributed by atoms with Crippen molar-refractivity contribution in [1.29, 1.82) is 0 Å². The van der Waals surface area contributed by atoms with Gasteiger partial charge in [-0.1, -0.05) is 23.4 Å². The highest BCUT2D eigenvalue weighted by molar-refractivity contribution is 5.51. The molecule has 26 heavy (non-hydrogen) atoms. The van der Waals surface area contributed by atoms with E-state index in [9.17, 15) is 0 Å². The molecular formula is C20H21N3O3. The lowest BCUT2D eigenvalue weighted by molar-refractivity contribution is -0.0755. The fraction of sp³-hybridized carbons (Fsp3) is 0.300. The molecule has 0 saturated carbocycles. The van der Waals surface area contributed by atoms with Gasteiger partial charge in [0.15, 0.2) is 5.76 Å². The van der Waals surface area contributed by atoms with Gasteiger partial charge < -0.3 is 19.3 Å². The molecule has 1 aliphatic heterocycles. The van der Waals surface area contributed by atoms with Gasteiger partial charge in [0.25, 0.3) is 0 Å². The number of hydrogen-bond donors (Lipinski definition) is 1. The number of hydrogen-bond acceptors (Lipinski definition) is 6. The fourth-order valence-electron chi connectivity index (χ4n) is 3.06. The summed E-state index contributed by atoms with van der Waals surface area (Å²) in [6.07, 6.45) is 2.49. The number of aromatic nitrogens is 2. The van der Waals surface area contributed by atoms with Crippen molar-refractivity contribution in [2.24, 2.45) is 0 Å². The van der Waals surface area contributed by atoms with Crippen LogP contribution in [0.5, 0.6) is 5.75 Å². The van der Waals surface area contributed by atoms with Gasteiger partial charge in [-0.3, -0.25) is 4.98 Å². The van der Waals surface area contributed by atoms with E-state index in [-0.39, 0.29) is 5.54 Å². The van der Waals surface area contributed by atoms with Gasteiger partial charge >= 0.3 is 0 Å². The normalized spacial score (nSPS) is 15.4. The maximum absolute atomic E-state index is 5.48. The molecule has 0 atom stereocenters. The molecule has 3 heterocycles. The van der Waals surface area contributed by atoms with E-state index in [0.717, 1.165) is 30.1 Å². The van der Waals surface area contributed by atoms with Crippen LogP contribution >= 0.6 is 0 Å². The van der Waals surface area contributed by atoms with Crippen LogP contribution in [0.15, 0.2) is 59.3 Å². The van der Waals surface area contributed by atoms with Crippen LogP contribution in [0, 0.1) is 0 Å². The molecule has 4 rings (SSSR count). The molecule has 134 valence electrons. The van der Waals surface area contributed by atoms with E-state index in [1.54, 1.807) is 13.3 Å². The van der Waals surface area contributed by atoms with Crippen LogP contribution in [-0.4, -0.2) is 36.0 Å². The Kier molecular flexibility index (Phi) is 4.69. The molecule has 1 fully saturated rings. The van der Waals surface area contributed by atoms with Crippen molar-refractivity contribution in [2.45, 2.75) is 18.5 Å². The van der Waals surface area contributed by atoms with Gasteiger partial charge in [-0.05, 0) is 29.8 Å². The van der Waals surface area contributed by atoms with Crippen molar-refractivity contribution >= 4 is 0 Å². The number of nitrogens with one attached hydrogen (secondary N) is 1. The molecule has 1 aromatic carbocycles. The molecule has 0 spiro atoms. The van der Waals surface area contributed by atoms with E-state index in [1.807, 2.05) is 42.5 Å². The Morgan fingerprint density at radius 3 is 2.81 bits per heavy atom. The lowest BCUT2D eigenvalue weighted by atomic mass is 9.90. The second kappa shape index (κ2) is 7.27. The highest BCUT2D eigenvalue weighted by atomic mass is 16.5. The van der Waals surface area contributed by atoms with E-state index in [1.165, 1.54) is 5.56 Å². The molecule has 6 heteroatoms. The van der Waals surface area contributed by atoms with Gasteiger partial charge in [0.1, 0.15) is 11.4 Å². The van der Waals surface area contributed by atoms with Gasteiger partial charge in [-0.15, -0.1) is 0 Å². The van der Waals surface area contributed by atoms with Crippen LogP contribution in [0.25, 0.3) is 11.5 Å². The first-order chi connectivity index (χ1) is 12.8. The van der Waals surface area contributed by atoms with Crippen LogP contribution < -0.4 is 10.1 Å². The van der Waals surface area contributed by atoms with E-state index < -0.39 is 0 Å². The van der Waals surface area contributed by atoms with E-state index in [2.05, 4.69) is 21.5 Å². The number of rotatable bonds is 7. The fourth-order valence-corrected chi connectivity index (χ4v) is 3.06. The highest BCUT2D eigenvalue weighted by Gasteiger charge is 2.39. The number of pyridine rings is 1. The Morgan fingerprint density at radius 2 is 2.08 bits per heavy atom. The minimum atomic E-state index is -0.124. The maximum atomic E-state index is 5.48. The van der Waals surface area contributed by atoms with E-state index in [4.69, 9.17) is 14.0 Å². The molecule has 0 radical (unpaired) electrons. The second-order valence-electron chi connectivity index (χ2n) is 6.55. The predicted molar refractivity (Wildman–Crippen MR) is 96.8 cm³/mol. The van der Waals surface area contributed by atoms with Crippen molar-refractivity contribution in [3.63, 3.8) is 0 Å². The molecule has 1 aliphatic rings. The Labute approximate surface area is 152 Å². The summed E-state index contributed by atoms with van der Waals surface area (Å²) in [5.41, 5.74) is 2.73. The summed E-state index contributed by atoms with van der Waals surface area (Å²) in [6, 6.07) is 15.7. The van der Waals surface area contributed by atoms with Gasteiger partial charge in [0.2, 0.25) is 0 Å². The number of benzene rings is 1. The largest absolute Gasteiger partial charge is 0.497 e.